The van der Waals surface area contributed by atoms with Gasteiger partial charge >= 0.3 is 0 Å². The van der Waals surface area contributed by atoms with E-state index < -0.39 is 0 Å². The summed E-state index contributed by atoms with van der Waals surface area (Å²) < 4.78 is 5.38. The first kappa shape index (κ1) is 15.8. The maximum absolute atomic E-state index is 12.1. The molecule has 0 aromatic heterocycles. The molecule has 6 nitrogen and oxygen atoms in total. The number of carbonyl (C=O) groups is 2. The van der Waals surface area contributed by atoms with Crippen molar-refractivity contribution in [3.8, 4) is 5.75 Å². The standard InChI is InChI=1S/C14H21N3O3/c1-4-17(3)12(18)9-16-14(19)10-7-6-8-11(15)13(10)20-5-2/h6-8H,4-5,9,15H2,1-3H3,(H,16,19). The Morgan fingerprint density at radius 1 is 1.35 bits per heavy atom. The molecule has 0 unspecified atom stereocenters. The van der Waals surface area contributed by atoms with Crippen LogP contribution >= 0.6 is 0 Å². The number of hydrogen-bond acceptors (Lipinski definition) is 4. The number of benzene rings is 1. The molecular weight excluding hydrogens is 258 g/mol. The van der Waals surface area contributed by atoms with E-state index in [4.69, 9.17) is 10.5 Å². The molecule has 2 amide bonds. The van der Waals surface area contributed by atoms with Crippen LogP contribution in [0.5, 0.6) is 5.75 Å². The maximum atomic E-state index is 12.1. The summed E-state index contributed by atoms with van der Waals surface area (Å²) in [5.74, 6) is -0.176. The van der Waals surface area contributed by atoms with Gasteiger partial charge in [0, 0.05) is 13.6 Å². The lowest BCUT2D eigenvalue weighted by Gasteiger charge is -2.16. The zero-order valence-electron chi connectivity index (χ0n) is 12.1. The molecule has 1 aromatic carbocycles. The van der Waals surface area contributed by atoms with Gasteiger partial charge in [0.15, 0.2) is 5.75 Å². The lowest BCUT2D eigenvalue weighted by Crippen LogP contribution is -2.38. The maximum Gasteiger partial charge on any atom is 0.255 e. The van der Waals surface area contributed by atoms with Crippen molar-refractivity contribution in [2.45, 2.75) is 13.8 Å². The second kappa shape index (κ2) is 7.37. The quantitative estimate of drug-likeness (QED) is 0.757. The fourth-order valence-electron chi connectivity index (χ4n) is 1.60. The van der Waals surface area contributed by atoms with Crippen molar-refractivity contribution in [3.63, 3.8) is 0 Å². The van der Waals surface area contributed by atoms with E-state index in [-0.39, 0.29) is 18.4 Å². The van der Waals surface area contributed by atoms with Crippen molar-refractivity contribution in [1.29, 1.82) is 0 Å². The van der Waals surface area contributed by atoms with Crippen molar-refractivity contribution in [1.82, 2.24) is 10.2 Å². The molecule has 0 fully saturated rings. The Kier molecular flexibility index (Phi) is 5.83. The number of likely N-dealkylation sites (N-methyl/N-ethyl adjacent to an activating group) is 1. The van der Waals surface area contributed by atoms with Crippen molar-refractivity contribution in [3.05, 3.63) is 23.8 Å². The number of ether oxygens (including phenoxy) is 1. The Morgan fingerprint density at radius 2 is 2.05 bits per heavy atom. The molecule has 0 aliphatic rings. The van der Waals surface area contributed by atoms with Crippen LogP contribution in [-0.4, -0.2) is 43.5 Å². The predicted octanol–water partition coefficient (Wildman–Crippen LogP) is 0.876. The molecule has 0 atom stereocenters. The second-order valence-electron chi connectivity index (χ2n) is 4.25. The molecule has 0 spiro atoms. The molecule has 0 aliphatic carbocycles. The van der Waals surface area contributed by atoms with Crippen LogP contribution in [0.25, 0.3) is 0 Å². The first-order valence-corrected chi connectivity index (χ1v) is 6.54. The van der Waals surface area contributed by atoms with Crippen LogP contribution in [0.15, 0.2) is 18.2 Å². The van der Waals surface area contributed by atoms with E-state index in [1.807, 2.05) is 13.8 Å². The lowest BCUT2D eigenvalue weighted by atomic mass is 10.1. The third-order valence-electron chi connectivity index (χ3n) is 2.88. The third-order valence-corrected chi connectivity index (χ3v) is 2.88. The van der Waals surface area contributed by atoms with Crippen LogP contribution in [0, 0.1) is 0 Å². The van der Waals surface area contributed by atoms with E-state index in [1.54, 1.807) is 25.2 Å². The Morgan fingerprint density at radius 3 is 2.65 bits per heavy atom. The molecule has 6 heteroatoms. The van der Waals surface area contributed by atoms with Gasteiger partial charge in [0.05, 0.1) is 24.4 Å². The number of nitrogens with two attached hydrogens (primary N) is 1. The summed E-state index contributed by atoms with van der Waals surface area (Å²) in [4.78, 5) is 25.3. The summed E-state index contributed by atoms with van der Waals surface area (Å²) >= 11 is 0. The lowest BCUT2D eigenvalue weighted by molar-refractivity contribution is -0.128. The van der Waals surface area contributed by atoms with Gasteiger partial charge < -0.3 is 20.7 Å². The van der Waals surface area contributed by atoms with Crippen LogP contribution in [-0.2, 0) is 4.79 Å². The highest BCUT2D eigenvalue weighted by atomic mass is 16.5. The third kappa shape index (κ3) is 3.88. The van der Waals surface area contributed by atoms with E-state index in [9.17, 15) is 9.59 Å². The molecule has 0 heterocycles. The van der Waals surface area contributed by atoms with Crippen LogP contribution in [0.3, 0.4) is 0 Å². The van der Waals surface area contributed by atoms with Gasteiger partial charge in [-0.15, -0.1) is 0 Å². The van der Waals surface area contributed by atoms with Gasteiger partial charge in [0.2, 0.25) is 5.91 Å². The number of anilines is 1. The number of amides is 2. The van der Waals surface area contributed by atoms with E-state index in [0.717, 1.165) is 0 Å². The molecule has 0 saturated carbocycles. The van der Waals surface area contributed by atoms with E-state index in [0.29, 0.717) is 30.2 Å². The minimum atomic E-state index is -0.376. The number of hydrogen-bond donors (Lipinski definition) is 2. The Balaban J connectivity index is 2.78. The van der Waals surface area contributed by atoms with Crippen molar-refractivity contribution >= 4 is 17.5 Å². The summed E-state index contributed by atoms with van der Waals surface area (Å²) in [5, 5.41) is 2.57. The smallest absolute Gasteiger partial charge is 0.255 e. The van der Waals surface area contributed by atoms with Crippen LogP contribution in [0.2, 0.25) is 0 Å². The molecule has 0 bridgehead atoms. The minimum absolute atomic E-state index is 0.0520. The zero-order valence-corrected chi connectivity index (χ0v) is 12.1. The SMILES string of the molecule is CCOc1c(N)cccc1C(=O)NCC(=O)N(C)CC. The van der Waals surface area contributed by atoms with Gasteiger partial charge in [-0.3, -0.25) is 9.59 Å². The number of para-hydroxylation sites is 1. The summed E-state index contributed by atoms with van der Waals surface area (Å²) in [6.07, 6.45) is 0. The largest absolute Gasteiger partial charge is 0.491 e. The predicted molar refractivity (Wildman–Crippen MR) is 77.7 cm³/mol. The molecule has 1 rings (SSSR count). The van der Waals surface area contributed by atoms with Gasteiger partial charge in [-0.05, 0) is 26.0 Å². The van der Waals surface area contributed by atoms with Gasteiger partial charge in [0.1, 0.15) is 0 Å². The fraction of sp³-hybridized carbons (Fsp3) is 0.429. The van der Waals surface area contributed by atoms with E-state index in [2.05, 4.69) is 5.32 Å². The first-order valence-electron chi connectivity index (χ1n) is 6.54. The van der Waals surface area contributed by atoms with E-state index >= 15 is 0 Å². The Bertz CT molecular complexity index is 489. The van der Waals surface area contributed by atoms with Crippen LogP contribution in [0.4, 0.5) is 5.69 Å². The average molecular weight is 279 g/mol. The van der Waals surface area contributed by atoms with Gasteiger partial charge in [0.25, 0.3) is 5.91 Å². The number of rotatable bonds is 6. The second-order valence-corrected chi connectivity index (χ2v) is 4.25. The molecule has 20 heavy (non-hydrogen) atoms. The molecular formula is C14H21N3O3. The number of nitrogens with one attached hydrogen (secondary N) is 1. The topological polar surface area (TPSA) is 84.7 Å². The summed E-state index contributed by atoms with van der Waals surface area (Å²) in [6, 6.07) is 4.95. The molecule has 1 aromatic rings. The van der Waals surface area contributed by atoms with Crippen LogP contribution in [0.1, 0.15) is 24.2 Å². The number of carbonyl (C=O) groups excluding carboxylic acids is 2. The van der Waals surface area contributed by atoms with Gasteiger partial charge in [-0.1, -0.05) is 6.07 Å². The highest BCUT2D eigenvalue weighted by molar-refractivity contribution is 6.00. The molecule has 3 N–H and O–H groups in total. The normalized spacial score (nSPS) is 9.95. The number of nitrogens with zero attached hydrogens (tertiary/aromatic N) is 1. The molecule has 0 aliphatic heterocycles. The number of nitrogen functional groups attached to an aromatic ring is 1. The Hall–Kier alpha value is -2.24. The van der Waals surface area contributed by atoms with Gasteiger partial charge in [-0.2, -0.15) is 0 Å². The van der Waals surface area contributed by atoms with Gasteiger partial charge in [-0.25, -0.2) is 0 Å². The summed E-state index contributed by atoms with van der Waals surface area (Å²) in [5.41, 5.74) is 6.52. The highest BCUT2D eigenvalue weighted by Crippen LogP contribution is 2.26. The first-order chi connectivity index (χ1) is 9.51. The monoisotopic (exact) mass is 279 g/mol. The summed E-state index contributed by atoms with van der Waals surface area (Å²) in [7, 11) is 1.68. The van der Waals surface area contributed by atoms with Crippen LogP contribution < -0.4 is 15.8 Å². The van der Waals surface area contributed by atoms with Crippen molar-refractivity contribution < 1.29 is 14.3 Å². The van der Waals surface area contributed by atoms with Crippen molar-refractivity contribution in [2.75, 3.05) is 32.5 Å². The van der Waals surface area contributed by atoms with E-state index in [1.165, 1.54) is 4.90 Å². The molecule has 110 valence electrons. The molecule has 0 radical (unpaired) electrons. The average Bonchev–Trinajstić information content (AvgIpc) is 2.45. The summed E-state index contributed by atoms with van der Waals surface area (Å²) in [6.45, 7) is 4.63. The highest BCUT2D eigenvalue weighted by Gasteiger charge is 2.16. The fourth-order valence-corrected chi connectivity index (χ4v) is 1.60. The molecule has 0 saturated heterocycles. The van der Waals surface area contributed by atoms with Crippen molar-refractivity contribution in [2.24, 2.45) is 0 Å². The zero-order chi connectivity index (χ0) is 15.1. The Labute approximate surface area is 118 Å². The minimum Gasteiger partial charge on any atom is -0.491 e.